The molecule has 1 spiro atoms. The molecule has 2 aromatic rings. The van der Waals surface area contributed by atoms with E-state index in [0.29, 0.717) is 19.0 Å². The molecule has 130 valence electrons. The lowest BCUT2D eigenvalue weighted by atomic mass is 9.74. The number of rotatable bonds is 3. The number of carbonyl (C=O) groups excluding carboxylic acids is 1. The van der Waals surface area contributed by atoms with Crippen molar-refractivity contribution < 1.29 is 4.79 Å². The van der Waals surface area contributed by atoms with Gasteiger partial charge in [-0.3, -0.25) is 9.99 Å². The minimum Gasteiger partial charge on any atom is -0.315 e. The van der Waals surface area contributed by atoms with E-state index in [1.165, 1.54) is 10.6 Å². The lowest BCUT2D eigenvalue weighted by Crippen LogP contribution is -2.53. The standard InChI is InChI=1S/C20H24N4O/c21-24-19(25)23(14-18-8-4-5-13-22-18)15-20(24)11-9-17(10-12-20)16-6-2-1-3-7-16/h1-8,13,17H,9-12,14-15,21H2. The summed E-state index contributed by atoms with van der Waals surface area (Å²) < 4.78 is 0. The molecule has 5 nitrogen and oxygen atoms in total. The van der Waals surface area contributed by atoms with E-state index in [2.05, 4.69) is 35.3 Å². The summed E-state index contributed by atoms with van der Waals surface area (Å²) in [6, 6.07) is 16.4. The van der Waals surface area contributed by atoms with Crippen LogP contribution in [0.4, 0.5) is 4.79 Å². The van der Waals surface area contributed by atoms with Crippen LogP contribution < -0.4 is 5.84 Å². The van der Waals surface area contributed by atoms with Crippen molar-refractivity contribution in [2.24, 2.45) is 5.84 Å². The van der Waals surface area contributed by atoms with Crippen LogP contribution in [0, 0.1) is 0 Å². The number of hydrogen-bond acceptors (Lipinski definition) is 3. The van der Waals surface area contributed by atoms with Crippen molar-refractivity contribution >= 4 is 6.03 Å². The van der Waals surface area contributed by atoms with E-state index in [4.69, 9.17) is 5.84 Å². The summed E-state index contributed by atoms with van der Waals surface area (Å²) in [6.07, 6.45) is 5.81. The predicted molar refractivity (Wildman–Crippen MR) is 96.5 cm³/mol. The molecule has 2 heterocycles. The largest absolute Gasteiger partial charge is 0.335 e. The monoisotopic (exact) mass is 336 g/mol. The molecule has 2 fully saturated rings. The second kappa shape index (κ2) is 6.48. The van der Waals surface area contributed by atoms with Crippen molar-refractivity contribution in [3.05, 3.63) is 66.0 Å². The second-order valence-corrected chi connectivity index (χ2v) is 7.24. The number of aromatic nitrogens is 1. The average Bonchev–Trinajstić information content (AvgIpc) is 2.89. The van der Waals surface area contributed by atoms with Crippen LogP contribution in [0.5, 0.6) is 0 Å². The van der Waals surface area contributed by atoms with E-state index in [9.17, 15) is 4.79 Å². The Kier molecular flexibility index (Phi) is 4.17. The molecule has 1 aliphatic heterocycles. The number of benzene rings is 1. The molecule has 1 aliphatic carbocycles. The molecule has 1 aromatic heterocycles. The molecule has 1 saturated carbocycles. The van der Waals surface area contributed by atoms with Gasteiger partial charge in [0.25, 0.3) is 0 Å². The fourth-order valence-corrected chi connectivity index (χ4v) is 4.28. The molecule has 0 bridgehead atoms. The van der Waals surface area contributed by atoms with Gasteiger partial charge in [-0.05, 0) is 49.3 Å². The Morgan fingerprint density at radius 2 is 1.80 bits per heavy atom. The number of hydrazine groups is 1. The van der Waals surface area contributed by atoms with Crippen LogP contribution in [0.3, 0.4) is 0 Å². The van der Waals surface area contributed by atoms with Crippen molar-refractivity contribution in [1.82, 2.24) is 14.9 Å². The number of carbonyl (C=O) groups is 1. The summed E-state index contributed by atoms with van der Waals surface area (Å²) in [5, 5.41) is 1.50. The molecule has 5 heteroatoms. The molecule has 2 N–H and O–H groups in total. The smallest absolute Gasteiger partial charge is 0.315 e. The highest BCUT2D eigenvalue weighted by atomic mass is 16.2. The fourth-order valence-electron chi connectivity index (χ4n) is 4.28. The van der Waals surface area contributed by atoms with Gasteiger partial charge in [0.2, 0.25) is 0 Å². The Labute approximate surface area is 148 Å². The first-order valence-corrected chi connectivity index (χ1v) is 8.97. The molecular weight excluding hydrogens is 312 g/mol. The van der Waals surface area contributed by atoms with Crippen LogP contribution in [-0.2, 0) is 6.54 Å². The zero-order valence-corrected chi connectivity index (χ0v) is 14.3. The number of hydrogen-bond donors (Lipinski definition) is 1. The zero-order chi connectivity index (χ0) is 17.3. The third-order valence-electron chi connectivity index (χ3n) is 5.74. The molecule has 0 unspecified atom stereocenters. The van der Waals surface area contributed by atoms with Crippen LogP contribution in [0.2, 0.25) is 0 Å². The first-order valence-electron chi connectivity index (χ1n) is 8.97. The lowest BCUT2D eigenvalue weighted by molar-refractivity contribution is 0.113. The molecular formula is C20H24N4O. The normalized spacial score (nSPS) is 26.4. The molecule has 0 radical (unpaired) electrons. The summed E-state index contributed by atoms with van der Waals surface area (Å²) in [4.78, 5) is 18.8. The molecule has 0 atom stereocenters. The summed E-state index contributed by atoms with van der Waals surface area (Å²) in [7, 11) is 0. The molecule has 1 saturated heterocycles. The van der Waals surface area contributed by atoms with Crippen molar-refractivity contribution in [3.63, 3.8) is 0 Å². The highest BCUT2D eigenvalue weighted by molar-refractivity contribution is 5.77. The molecule has 2 aliphatic rings. The van der Waals surface area contributed by atoms with Crippen molar-refractivity contribution in [3.8, 4) is 0 Å². The molecule has 2 amide bonds. The van der Waals surface area contributed by atoms with Gasteiger partial charge in [-0.15, -0.1) is 0 Å². The Morgan fingerprint density at radius 3 is 2.48 bits per heavy atom. The number of urea groups is 1. The van der Waals surface area contributed by atoms with Crippen LogP contribution >= 0.6 is 0 Å². The predicted octanol–water partition coefficient (Wildman–Crippen LogP) is 3.29. The zero-order valence-electron chi connectivity index (χ0n) is 14.3. The highest BCUT2D eigenvalue weighted by Gasteiger charge is 2.50. The Hall–Kier alpha value is -2.40. The van der Waals surface area contributed by atoms with Gasteiger partial charge >= 0.3 is 6.03 Å². The van der Waals surface area contributed by atoms with Gasteiger partial charge in [-0.25, -0.2) is 10.6 Å². The summed E-state index contributed by atoms with van der Waals surface area (Å²) in [6.45, 7) is 1.22. The minimum absolute atomic E-state index is 0.0798. The Morgan fingerprint density at radius 1 is 1.08 bits per heavy atom. The van der Waals surface area contributed by atoms with Gasteiger partial charge in [0.15, 0.2) is 0 Å². The van der Waals surface area contributed by atoms with E-state index in [1.54, 1.807) is 6.20 Å². The number of nitrogens with zero attached hydrogens (tertiary/aromatic N) is 3. The first kappa shape index (κ1) is 16.1. The Bertz CT molecular complexity index is 726. The summed E-state index contributed by atoms with van der Waals surface area (Å²) in [5.41, 5.74) is 2.08. The van der Waals surface area contributed by atoms with Gasteiger partial charge in [-0.1, -0.05) is 36.4 Å². The van der Waals surface area contributed by atoms with E-state index in [-0.39, 0.29) is 11.6 Å². The Balaban J connectivity index is 1.45. The van der Waals surface area contributed by atoms with Gasteiger partial charge in [0.05, 0.1) is 17.8 Å². The van der Waals surface area contributed by atoms with Gasteiger partial charge < -0.3 is 4.90 Å². The van der Waals surface area contributed by atoms with Crippen LogP contribution in [0.15, 0.2) is 54.7 Å². The molecule has 1 aromatic carbocycles. The van der Waals surface area contributed by atoms with E-state index < -0.39 is 0 Å². The third-order valence-corrected chi connectivity index (χ3v) is 5.74. The quantitative estimate of drug-likeness (QED) is 0.691. The topological polar surface area (TPSA) is 62.5 Å². The van der Waals surface area contributed by atoms with Crippen LogP contribution in [-0.4, -0.2) is 33.0 Å². The van der Waals surface area contributed by atoms with Crippen molar-refractivity contribution in [2.45, 2.75) is 43.7 Å². The van der Waals surface area contributed by atoms with Gasteiger partial charge in [-0.2, -0.15) is 0 Å². The number of amides is 2. The van der Waals surface area contributed by atoms with E-state index >= 15 is 0 Å². The molecule has 25 heavy (non-hydrogen) atoms. The maximum absolute atomic E-state index is 12.6. The second-order valence-electron chi connectivity index (χ2n) is 7.24. The van der Waals surface area contributed by atoms with E-state index in [1.807, 2.05) is 23.1 Å². The summed E-state index contributed by atoms with van der Waals surface area (Å²) >= 11 is 0. The van der Waals surface area contributed by atoms with Gasteiger partial charge in [0, 0.05) is 12.7 Å². The van der Waals surface area contributed by atoms with Gasteiger partial charge in [0.1, 0.15) is 0 Å². The molecule has 4 rings (SSSR count). The maximum atomic E-state index is 12.6. The van der Waals surface area contributed by atoms with E-state index in [0.717, 1.165) is 31.4 Å². The SMILES string of the molecule is NN1C(=O)N(Cc2ccccn2)CC12CCC(c1ccccc1)CC2. The van der Waals surface area contributed by atoms with Crippen LogP contribution in [0.25, 0.3) is 0 Å². The van der Waals surface area contributed by atoms with Crippen molar-refractivity contribution in [2.75, 3.05) is 6.54 Å². The van der Waals surface area contributed by atoms with Crippen molar-refractivity contribution in [1.29, 1.82) is 0 Å². The lowest BCUT2D eigenvalue weighted by Gasteiger charge is -2.40. The first-order chi connectivity index (χ1) is 12.2. The average molecular weight is 336 g/mol. The fraction of sp³-hybridized carbons (Fsp3) is 0.400. The minimum atomic E-state index is -0.225. The van der Waals surface area contributed by atoms with Crippen LogP contribution in [0.1, 0.15) is 42.9 Å². The third kappa shape index (κ3) is 3.00. The number of nitrogens with two attached hydrogens (primary N) is 1. The maximum Gasteiger partial charge on any atom is 0.335 e. The number of pyridine rings is 1. The highest BCUT2D eigenvalue weighted by Crippen LogP contribution is 2.43. The summed E-state index contributed by atoms with van der Waals surface area (Å²) in [5.74, 6) is 6.81.